The highest BCUT2D eigenvalue weighted by Crippen LogP contribution is 2.27. The molecule has 2 rings (SSSR count). The lowest BCUT2D eigenvalue weighted by Crippen LogP contribution is -2.51. The molecule has 2 atom stereocenters. The van der Waals surface area contributed by atoms with E-state index in [0.717, 1.165) is 27.9 Å². The number of amides is 3. The number of aryl methyl sites for hydroxylation is 4. The maximum Gasteiger partial charge on any atom is 0.408 e. The van der Waals surface area contributed by atoms with Crippen LogP contribution < -0.4 is 10.6 Å². The SMILES string of the molecule is CSCCC(NC(=O)OC(C)(C)C)C(=O)N(C)C(C(=O)Nc1c(C)cccc1C)c1cc(C)cc(C)c1. The minimum absolute atomic E-state index is 0.320. The van der Waals surface area contributed by atoms with Gasteiger partial charge in [0.2, 0.25) is 5.91 Å². The summed E-state index contributed by atoms with van der Waals surface area (Å²) in [7, 11) is 1.61. The summed E-state index contributed by atoms with van der Waals surface area (Å²) in [6, 6.07) is 9.94. The van der Waals surface area contributed by atoms with E-state index in [0.29, 0.717) is 17.7 Å². The van der Waals surface area contributed by atoms with E-state index in [1.54, 1.807) is 39.6 Å². The maximum absolute atomic E-state index is 13.8. The summed E-state index contributed by atoms with van der Waals surface area (Å²) >= 11 is 1.58. The van der Waals surface area contributed by atoms with Gasteiger partial charge < -0.3 is 20.3 Å². The van der Waals surface area contributed by atoms with Crippen LogP contribution in [0.15, 0.2) is 36.4 Å². The van der Waals surface area contributed by atoms with E-state index >= 15 is 0 Å². The molecule has 0 aliphatic heterocycles. The van der Waals surface area contributed by atoms with Crippen LogP contribution >= 0.6 is 11.8 Å². The molecule has 7 nitrogen and oxygen atoms in total. The van der Waals surface area contributed by atoms with Crippen LogP contribution in [0.2, 0.25) is 0 Å². The fraction of sp³-hybridized carbons (Fsp3) is 0.483. The molecule has 0 heterocycles. The Balaban J connectivity index is 2.46. The van der Waals surface area contributed by atoms with Crippen LogP contribution in [-0.4, -0.2) is 53.5 Å². The van der Waals surface area contributed by atoms with E-state index in [4.69, 9.17) is 4.74 Å². The third kappa shape index (κ3) is 8.81. The molecule has 2 unspecified atom stereocenters. The molecule has 0 aliphatic carbocycles. The number of hydrogen-bond acceptors (Lipinski definition) is 5. The molecular weight excluding hydrogens is 486 g/mol. The number of anilines is 1. The van der Waals surface area contributed by atoms with Crippen molar-refractivity contribution in [3.63, 3.8) is 0 Å². The highest BCUT2D eigenvalue weighted by molar-refractivity contribution is 7.98. The van der Waals surface area contributed by atoms with Crippen molar-refractivity contribution in [1.82, 2.24) is 10.2 Å². The molecule has 202 valence electrons. The molecule has 0 aromatic heterocycles. The number of ether oxygens (including phenoxy) is 1. The third-order valence-corrected chi connectivity index (χ3v) is 6.52. The van der Waals surface area contributed by atoms with Gasteiger partial charge in [-0.25, -0.2) is 4.79 Å². The van der Waals surface area contributed by atoms with Crippen molar-refractivity contribution in [2.75, 3.05) is 24.4 Å². The standard InChI is InChI=1S/C29H41N3O4S/c1-18-15-19(2)17-22(16-18)25(26(33)31-24-20(3)11-10-12-21(24)4)32(8)27(34)23(13-14-37-9)30-28(35)36-29(5,6)7/h10-12,15-17,23,25H,13-14H2,1-9H3,(H,30,35)(H,31,33). The van der Waals surface area contributed by atoms with Crippen molar-refractivity contribution in [1.29, 1.82) is 0 Å². The molecule has 0 bridgehead atoms. The second-order valence-electron chi connectivity index (χ2n) is 10.5. The molecule has 2 aromatic carbocycles. The molecule has 2 N–H and O–H groups in total. The number of para-hydroxylation sites is 1. The van der Waals surface area contributed by atoms with E-state index in [1.165, 1.54) is 4.90 Å². The Hall–Kier alpha value is -3.00. The number of nitrogens with zero attached hydrogens (tertiary/aromatic N) is 1. The Labute approximate surface area is 225 Å². The first kappa shape index (κ1) is 30.2. The Bertz CT molecular complexity index is 1090. The van der Waals surface area contributed by atoms with Gasteiger partial charge in [-0.3, -0.25) is 9.59 Å². The summed E-state index contributed by atoms with van der Waals surface area (Å²) in [4.78, 5) is 41.6. The largest absolute Gasteiger partial charge is 0.444 e. The molecule has 3 amide bonds. The molecule has 0 spiro atoms. The van der Waals surface area contributed by atoms with Crippen LogP contribution in [0.4, 0.5) is 10.5 Å². The number of likely N-dealkylation sites (N-methyl/N-ethyl adjacent to an activating group) is 1. The number of carbonyl (C=O) groups is 3. The number of alkyl carbamates (subject to hydrolysis) is 1. The molecule has 0 radical (unpaired) electrons. The molecule has 0 saturated heterocycles. The Morgan fingerprint density at radius 1 is 1.00 bits per heavy atom. The molecule has 2 aromatic rings. The van der Waals surface area contributed by atoms with Crippen molar-refractivity contribution in [2.24, 2.45) is 0 Å². The first-order valence-corrected chi connectivity index (χ1v) is 13.8. The van der Waals surface area contributed by atoms with E-state index in [9.17, 15) is 14.4 Å². The van der Waals surface area contributed by atoms with E-state index in [2.05, 4.69) is 10.6 Å². The normalized spacial score (nSPS) is 12.9. The Morgan fingerprint density at radius 3 is 2.08 bits per heavy atom. The number of benzene rings is 2. The lowest BCUT2D eigenvalue weighted by atomic mass is 9.98. The van der Waals surface area contributed by atoms with Crippen LogP contribution in [-0.2, 0) is 14.3 Å². The minimum Gasteiger partial charge on any atom is -0.444 e. The number of rotatable bonds is 9. The zero-order valence-corrected chi connectivity index (χ0v) is 24.3. The average Bonchev–Trinajstić information content (AvgIpc) is 2.77. The van der Waals surface area contributed by atoms with E-state index in [-0.39, 0.29) is 11.8 Å². The first-order valence-electron chi connectivity index (χ1n) is 12.4. The van der Waals surface area contributed by atoms with Crippen molar-refractivity contribution >= 4 is 35.4 Å². The molecule has 37 heavy (non-hydrogen) atoms. The Morgan fingerprint density at radius 2 is 1.57 bits per heavy atom. The van der Waals surface area contributed by atoms with Gasteiger partial charge in [0.1, 0.15) is 17.7 Å². The van der Waals surface area contributed by atoms with Crippen LogP contribution in [0.5, 0.6) is 0 Å². The smallest absolute Gasteiger partial charge is 0.408 e. The van der Waals surface area contributed by atoms with Gasteiger partial charge in [0.25, 0.3) is 5.91 Å². The van der Waals surface area contributed by atoms with Gasteiger partial charge in [0.15, 0.2) is 0 Å². The number of hydrogen-bond donors (Lipinski definition) is 2. The lowest BCUT2D eigenvalue weighted by molar-refractivity contribution is -0.139. The second-order valence-corrected chi connectivity index (χ2v) is 11.5. The zero-order valence-electron chi connectivity index (χ0n) is 23.5. The Kier molecular flexibility index (Phi) is 10.6. The van der Waals surface area contributed by atoms with Crippen molar-refractivity contribution < 1.29 is 19.1 Å². The molecule has 0 aliphatic rings. The van der Waals surface area contributed by atoms with Crippen molar-refractivity contribution in [2.45, 2.75) is 72.6 Å². The van der Waals surface area contributed by atoms with Crippen LogP contribution in [0.1, 0.15) is 61.1 Å². The highest BCUT2D eigenvalue weighted by atomic mass is 32.2. The topological polar surface area (TPSA) is 87.7 Å². The number of thioether (sulfide) groups is 1. The first-order chi connectivity index (χ1) is 17.2. The van der Waals surface area contributed by atoms with Crippen LogP contribution in [0.3, 0.4) is 0 Å². The maximum atomic E-state index is 13.8. The summed E-state index contributed by atoms with van der Waals surface area (Å²) in [5.74, 6) is -0.0251. The average molecular weight is 528 g/mol. The fourth-order valence-corrected chi connectivity index (χ4v) is 4.71. The quantitative estimate of drug-likeness (QED) is 0.436. The summed E-state index contributed by atoms with van der Waals surface area (Å²) < 4.78 is 5.40. The van der Waals surface area contributed by atoms with E-state index < -0.39 is 23.8 Å². The van der Waals surface area contributed by atoms with Crippen molar-refractivity contribution in [3.05, 3.63) is 64.2 Å². The van der Waals surface area contributed by atoms with Gasteiger partial charge >= 0.3 is 6.09 Å². The summed E-state index contributed by atoms with van der Waals surface area (Å²) in [5.41, 5.74) is 4.59. The van der Waals surface area contributed by atoms with Gasteiger partial charge in [-0.1, -0.05) is 47.5 Å². The molecule has 8 heteroatoms. The summed E-state index contributed by atoms with van der Waals surface area (Å²) in [5, 5.41) is 5.78. The van der Waals surface area contributed by atoms with Gasteiger partial charge in [0.05, 0.1) is 0 Å². The third-order valence-electron chi connectivity index (χ3n) is 5.87. The predicted octanol–water partition coefficient (Wildman–Crippen LogP) is 5.70. The summed E-state index contributed by atoms with van der Waals surface area (Å²) in [6.07, 6.45) is 1.68. The van der Waals surface area contributed by atoms with Gasteiger partial charge in [0, 0.05) is 12.7 Å². The molecule has 0 fully saturated rings. The number of carbonyl (C=O) groups excluding carboxylic acids is 3. The number of nitrogens with one attached hydrogen (secondary N) is 2. The van der Waals surface area contributed by atoms with Gasteiger partial charge in [-0.15, -0.1) is 0 Å². The van der Waals surface area contributed by atoms with E-state index in [1.807, 2.05) is 70.3 Å². The van der Waals surface area contributed by atoms with Crippen LogP contribution in [0.25, 0.3) is 0 Å². The molecule has 0 saturated carbocycles. The lowest BCUT2D eigenvalue weighted by Gasteiger charge is -2.32. The predicted molar refractivity (Wildman–Crippen MR) is 152 cm³/mol. The zero-order chi connectivity index (χ0) is 27.9. The monoisotopic (exact) mass is 527 g/mol. The minimum atomic E-state index is -0.901. The highest BCUT2D eigenvalue weighted by Gasteiger charge is 2.34. The molecular formula is C29H41N3O4S. The van der Waals surface area contributed by atoms with Gasteiger partial charge in [-0.05, 0) is 83.6 Å². The van der Waals surface area contributed by atoms with Crippen LogP contribution in [0, 0.1) is 27.7 Å². The van der Waals surface area contributed by atoms with Gasteiger partial charge in [-0.2, -0.15) is 11.8 Å². The fourth-order valence-electron chi connectivity index (χ4n) is 4.24. The van der Waals surface area contributed by atoms with Crippen molar-refractivity contribution in [3.8, 4) is 0 Å². The summed E-state index contributed by atoms with van der Waals surface area (Å²) in [6.45, 7) is 13.1. The second kappa shape index (κ2) is 13.0.